The normalized spacial score (nSPS) is 21.5. The maximum atomic E-state index is 11.9. The van der Waals surface area contributed by atoms with E-state index < -0.39 is 10.0 Å². The molecule has 94 valence electrons. The highest BCUT2D eigenvalue weighted by Crippen LogP contribution is 2.15. The lowest BCUT2D eigenvalue weighted by Crippen LogP contribution is -2.41. The highest BCUT2D eigenvalue weighted by molar-refractivity contribution is 7.89. The van der Waals surface area contributed by atoms with E-state index in [1.165, 1.54) is 4.31 Å². The van der Waals surface area contributed by atoms with Gasteiger partial charge in [-0.15, -0.1) is 0 Å². The number of hydrogen-bond donors (Lipinski definition) is 2. The molecule has 1 saturated heterocycles. The molecular weight excluding hydrogens is 230 g/mol. The van der Waals surface area contributed by atoms with Gasteiger partial charge in [-0.2, -0.15) is 4.31 Å². The maximum Gasteiger partial charge on any atom is 0.217 e. The van der Waals surface area contributed by atoms with Crippen molar-refractivity contribution >= 4 is 15.9 Å². The van der Waals surface area contributed by atoms with Crippen molar-refractivity contribution in [3.05, 3.63) is 0 Å². The summed E-state index contributed by atoms with van der Waals surface area (Å²) in [6.07, 6.45) is 1.50. The van der Waals surface area contributed by atoms with Crippen LogP contribution in [0.5, 0.6) is 0 Å². The molecule has 0 aromatic carbocycles. The van der Waals surface area contributed by atoms with E-state index in [1.54, 1.807) is 6.92 Å². The van der Waals surface area contributed by atoms with Gasteiger partial charge < -0.3 is 10.5 Å². The molecule has 0 aliphatic carbocycles. The summed E-state index contributed by atoms with van der Waals surface area (Å²) in [5, 5.41) is 7.13. The standard InChI is InChI=1S/C9H19N3O3S/c1-2-12(6-9(10)11)16(13,14)7-8-4-3-5-15-8/h8H,2-7H2,1H3,(H3,10,11). The summed E-state index contributed by atoms with van der Waals surface area (Å²) in [6.45, 7) is 2.66. The van der Waals surface area contributed by atoms with Crippen LogP contribution in [0.3, 0.4) is 0 Å². The van der Waals surface area contributed by atoms with Gasteiger partial charge in [0, 0.05) is 13.2 Å². The maximum absolute atomic E-state index is 11.9. The van der Waals surface area contributed by atoms with Crippen molar-refractivity contribution in [1.29, 1.82) is 5.41 Å². The smallest absolute Gasteiger partial charge is 0.217 e. The van der Waals surface area contributed by atoms with Gasteiger partial charge in [0.1, 0.15) is 5.84 Å². The van der Waals surface area contributed by atoms with Gasteiger partial charge in [0.05, 0.1) is 18.4 Å². The Labute approximate surface area is 96.3 Å². The molecule has 16 heavy (non-hydrogen) atoms. The zero-order valence-corrected chi connectivity index (χ0v) is 10.3. The van der Waals surface area contributed by atoms with E-state index in [0.717, 1.165) is 12.8 Å². The minimum atomic E-state index is -3.36. The summed E-state index contributed by atoms with van der Waals surface area (Å²) < 4.78 is 30.4. The predicted octanol–water partition coefficient (Wildman–Crippen LogP) is -0.247. The quantitative estimate of drug-likeness (QED) is 0.501. The lowest BCUT2D eigenvalue weighted by atomic mass is 10.3. The number of amidine groups is 1. The van der Waals surface area contributed by atoms with E-state index >= 15 is 0 Å². The molecular formula is C9H19N3O3S. The third-order valence-electron chi connectivity index (χ3n) is 2.51. The Kier molecular flexibility index (Phi) is 4.69. The summed E-state index contributed by atoms with van der Waals surface area (Å²) in [5.41, 5.74) is 5.22. The first-order chi connectivity index (χ1) is 7.45. The molecule has 1 aliphatic rings. The molecule has 0 saturated carbocycles. The predicted molar refractivity (Wildman–Crippen MR) is 61.9 cm³/mol. The number of nitrogens with zero attached hydrogens (tertiary/aromatic N) is 1. The molecule has 0 spiro atoms. The summed E-state index contributed by atoms with van der Waals surface area (Å²) in [4.78, 5) is 0. The third-order valence-corrected chi connectivity index (χ3v) is 4.48. The van der Waals surface area contributed by atoms with Gasteiger partial charge in [-0.3, -0.25) is 5.41 Å². The second kappa shape index (κ2) is 5.60. The summed E-state index contributed by atoms with van der Waals surface area (Å²) >= 11 is 0. The van der Waals surface area contributed by atoms with Crippen molar-refractivity contribution in [2.75, 3.05) is 25.4 Å². The van der Waals surface area contributed by atoms with Crippen LogP contribution in [0.25, 0.3) is 0 Å². The molecule has 1 fully saturated rings. The molecule has 7 heteroatoms. The number of ether oxygens (including phenoxy) is 1. The molecule has 0 radical (unpaired) electrons. The number of nitrogens with two attached hydrogens (primary N) is 1. The van der Waals surface area contributed by atoms with Crippen LogP contribution >= 0.6 is 0 Å². The first-order valence-electron chi connectivity index (χ1n) is 5.38. The Morgan fingerprint density at radius 3 is 2.75 bits per heavy atom. The second-order valence-electron chi connectivity index (χ2n) is 3.86. The van der Waals surface area contributed by atoms with E-state index in [2.05, 4.69) is 0 Å². The number of likely N-dealkylation sites (N-methyl/N-ethyl adjacent to an activating group) is 1. The number of hydrogen-bond acceptors (Lipinski definition) is 4. The van der Waals surface area contributed by atoms with Crippen LogP contribution in [0.4, 0.5) is 0 Å². The summed E-state index contributed by atoms with van der Waals surface area (Å²) in [7, 11) is -3.36. The van der Waals surface area contributed by atoms with Gasteiger partial charge in [-0.25, -0.2) is 8.42 Å². The van der Waals surface area contributed by atoms with Gasteiger partial charge in [-0.1, -0.05) is 6.92 Å². The van der Waals surface area contributed by atoms with Crippen LogP contribution in [0, 0.1) is 5.41 Å². The van der Waals surface area contributed by atoms with Crippen LogP contribution in [0.1, 0.15) is 19.8 Å². The third kappa shape index (κ3) is 3.73. The number of nitrogens with one attached hydrogen (secondary N) is 1. The van der Waals surface area contributed by atoms with Crippen molar-refractivity contribution in [2.45, 2.75) is 25.9 Å². The highest BCUT2D eigenvalue weighted by Gasteiger charge is 2.28. The lowest BCUT2D eigenvalue weighted by Gasteiger charge is -2.21. The lowest BCUT2D eigenvalue weighted by molar-refractivity contribution is 0.126. The topological polar surface area (TPSA) is 96.5 Å². The average molecular weight is 249 g/mol. The molecule has 1 heterocycles. The molecule has 6 nitrogen and oxygen atoms in total. The molecule has 3 N–H and O–H groups in total. The van der Waals surface area contributed by atoms with Gasteiger partial charge in [0.15, 0.2) is 0 Å². The molecule has 0 amide bonds. The molecule has 0 aromatic rings. The van der Waals surface area contributed by atoms with Crippen LogP contribution in [-0.2, 0) is 14.8 Å². The van der Waals surface area contributed by atoms with Crippen LogP contribution in [0.2, 0.25) is 0 Å². The SMILES string of the molecule is CCN(CC(=N)N)S(=O)(=O)CC1CCCO1. The van der Waals surface area contributed by atoms with Crippen LogP contribution in [0.15, 0.2) is 0 Å². The molecule has 0 bridgehead atoms. The van der Waals surface area contributed by atoms with E-state index in [4.69, 9.17) is 15.9 Å². The van der Waals surface area contributed by atoms with Crippen LogP contribution < -0.4 is 5.73 Å². The minimum Gasteiger partial charge on any atom is -0.387 e. The van der Waals surface area contributed by atoms with Crippen molar-refractivity contribution in [2.24, 2.45) is 5.73 Å². The van der Waals surface area contributed by atoms with Gasteiger partial charge in [0.2, 0.25) is 10.0 Å². The Morgan fingerprint density at radius 2 is 2.31 bits per heavy atom. The molecule has 1 aliphatic heterocycles. The average Bonchev–Trinajstić information content (AvgIpc) is 2.65. The monoisotopic (exact) mass is 249 g/mol. The van der Waals surface area contributed by atoms with Gasteiger partial charge in [0.25, 0.3) is 0 Å². The minimum absolute atomic E-state index is 0.00583. The van der Waals surface area contributed by atoms with Crippen molar-refractivity contribution in [3.63, 3.8) is 0 Å². The summed E-state index contributed by atoms with van der Waals surface area (Å²) in [5.74, 6) is -0.147. The Hall–Kier alpha value is -0.660. The first kappa shape index (κ1) is 13.4. The fourth-order valence-corrected chi connectivity index (χ4v) is 3.39. The fourth-order valence-electron chi connectivity index (χ4n) is 1.71. The van der Waals surface area contributed by atoms with Gasteiger partial charge in [-0.05, 0) is 12.8 Å². The zero-order valence-electron chi connectivity index (χ0n) is 9.48. The number of rotatable bonds is 6. The molecule has 1 atom stereocenters. The molecule has 1 rings (SSSR count). The largest absolute Gasteiger partial charge is 0.387 e. The zero-order chi connectivity index (χ0) is 12.2. The van der Waals surface area contributed by atoms with E-state index in [1.807, 2.05) is 0 Å². The van der Waals surface area contributed by atoms with Crippen molar-refractivity contribution < 1.29 is 13.2 Å². The number of sulfonamides is 1. The van der Waals surface area contributed by atoms with Gasteiger partial charge >= 0.3 is 0 Å². The highest BCUT2D eigenvalue weighted by atomic mass is 32.2. The van der Waals surface area contributed by atoms with Crippen LogP contribution in [-0.4, -0.2) is 50.1 Å². The Bertz CT molecular complexity index is 336. The van der Waals surface area contributed by atoms with Crippen molar-refractivity contribution in [3.8, 4) is 0 Å². The molecule has 0 aromatic heterocycles. The Balaban J connectivity index is 2.62. The second-order valence-corrected chi connectivity index (χ2v) is 5.88. The fraction of sp³-hybridized carbons (Fsp3) is 0.889. The van der Waals surface area contributed by atoms with E-state index in [-0.39, 0.29) is 24.2 Å². The summed E-state index contributed by atoms with van der Waals surface area (Å²) in [6, 6.07) is 0. The Morgan fingerprint density at radius 1 is 1.62 bits per heavy atom. The van der Waals surface area contributed by atoms with E-state index in [9.17, 15) is 8.42 Å². The van der Waals surface area contributed by atoms with E-state index in [0.29, 0.717) is 13.2 Å². The van der Waals surface area contributed by atoms with Crippen molar-refractivity contribution in [1.82, 2.24) is 4.31 Å². The first-order valence-corrected chi connectivity index (χ1v) is 6.99. The molecule has 1 unspecified atom stereocenters.